The van der Waals surface area contributed by atoms with Gasteiger partial charge in [-0.3, -0.25) is 0 Å². The van der Waals surface area contributed by atoms with Gasteiger partial charge in [-0.25, -0.2) is 0 Å². The summed E-state index contributed by atoms with van der Waals surface area (Å²) in [4.78, 5) is 0. The zero-order chi connectivity index (χ0) is 13.5. The number of benzene rings is 1. The maximum atomic E-state index is 8.56. The molecule has 0 atom stereocenters. The number of nitriles is 1. The minimum atomic E-state index is 0.621. The largest absolute Gasteiger partial charge is 0.193 e. The van der Waals surface area contributed by atoms with Crippen LogP contribution in [0, 0.1) is 17.2 Å². The van der Waals surface area contributed by atoms with Gasteiger partial charge in [-0.1, -0.05) is 43.7 Å². The summed E-state index contributed by atoms with van der Waals surface area (Å²) in [7, 11) is 0. The summed E-state index contributed by atoms with van der Waals surface area (Å²) in [6.45, 7) is 2.23. The molecule has 0 amide bonds. The normalized spacial score (nSPS) is 23.4. The maximum Gasteiger partial charge on any atom is 0.0908 e. The molecule has 1 aliphatic carbocycles. The van der Waals surface area contributed by atoms with E-state index in [0.29, 0.717) is 5.92 Å². The van der Waals surface area contributed by atoms with Crippen LogP contribution in [0.3, 0.4) is 0 Å². The molecule has 1 nitrogen and oxygen atoms in total. The van der Waals surface area contributed by atoms with Crippen LogP contribution in [0.25, 0.3) is 0 Å². The first-order chi connectivity index (χ1) is 9.33. The van der Waals surface area contributed by atoms with Crippen molar-refractivity contribution in [3.05, 3.63) is 47.5 Å². The van der Waals surface area contributed by atoms with Crippen LogP contribution in [0.1, 0.15) is 56.1 Å². The molecule has 1 aliphatic rings. The Hall–Kier alpha value is -1.55. The van der Waals surface area contributed by atoms with Crippen molar-refractivity contribution in [2.45, 2.75) is 51.4 Å². The minimum Gasteiger partial charge on any atom is -0.193 e. The third-order valence-corrected chi connectivity index (χ3v) is 4.20. The Bertz CT molecular complexity index is 442. The van der Waals surface area contributed by atoms with E-state index in [1.54, 1.807) is 6.08 Å². The lowest BCUT2D eigenvalue weighted by Crippen LogP contribution is -2.11. The molecule has 1 aromatic rings. The molecule has 1 aromatic carbocycles. The third-order valence-electron chi connectivity index (χ3n) is 4.20. The van der Waals surface area contributed by atoms with Gasteiger partial charge in [0.15, 0.2) is 0 Å². The van der Waals surface area contributed by atoms with Crippen molar-refractivity contribution < 1.29 is 0 Å². The number of hydrogen-bond donors (Lipinski definition) is 0. The zero-order valence-corrected chi connectivity index (χ0v) is 11.8. The highest BCUT2D eigenvalue weighted by atomic mass is 14.3. The van der Waals surface area contributed by atoms with Gasteiger partial charge < -0.3 is 0 Å². The molecule has 0 aromatic heterocycles. The van der Waals surface area contributed by atoms with E-state index in [-0.39, 0.29) is 0 Å². The van der Waals surface area contributed by atoms with Gasteiger partial charge in [0.25, 0.3) is 0 Å². The maximum absolute atomic E-state index is 8.56. The highest BCUT2D eigenvalue weighted by molar-refractivity contribution is 5.26. The first-order valence-electron chi connectivity index (χ1n) is 7.48. The molecule has 0 unspecified atom stereocenters. The monoisotopic (exact) mass is 253 g/mol. The van der Waals surface area contributed by atoms with Crippen molar-refractivity contribution >= 4 is 0 Å². The molecular formula is C18H23N. The van der Waals surface area contributed by atoms with Crippen molar-refractivity contribution in [2.75, 3.05) is 0 Å². The van der Waals surface area contributed by atoms with Crippen LogP contribution in [0.15, 0.2) is 36.4 Å². The van der Waals surface area contributed by atoms with Crippen molar-refractivity contribution in [2.24, 2.45) is 5.92 Å². The van der Waals surface area contributed by atoms with Crippen LogP contribution < -0.4 is 0 Å². The van der Waals surface area contributed by atoms with Gasteiger partial charge in [0.05, 0.1) is 6.07 Å². The Balaban J connectivity index is 1.90. The standard InChI is InChI=1S/C18H23N/c1-2-4-15-6-10-17(11-7-15)18-12-8-16(9-13-18)5-3-14-19/h3,5-7,10-11,16,18H,2,4,8-9,12-13H2,1H3/t16-,18-. The average Bonchev–Trinajstić information content (AvgIpc) is 2.47. The van der Waals surface area contributed by atoms with E-state index in [2.05, 4.69) is 43.3 Å². The van der Waals surface area contributed by atoms with Gasteiger partial charge in [-0.15, -0.1) is 0 Å². The molecule has 0 aliphatic heterocycles. The molecule has 1 fully saturated rings. The number of nitrogens with zero attached hydrogens (tertiary/aromatic N) is 1. The fourth-order valence-corrected chi connectivity index (χ4v) is 3.07. The number of aryl methyl sites for hydroxylation is 1. The van der Waals surface area contributed by atoms with E-state index >= 15 is 0 Å². The van der Waals surface area contributed by atoms with Gasteiger partial charge in [-0.05, 0) is 55.1 Å². The molecule has 0 bridgehead atoms. The summed E-state index contributed by atoms with van der Waals surface area (Å²) in [6.07, 6.45) is 11.1. The average molecular weight is 253 g/mol. The lowest BCUT2D eigenvalue weighted by molar-refractivity contribution is 0.376. The molecule has 0 heterocycles. The van der Waals surface area contributed by atoms with Crippen molar-refractivity contribution in [3.63, 3.8) is 0 Å². The van der Waals surface area contributed by atoms with E-state index in [0.717, 1.165) is 5.92 Å². The first-order valence-corrected chi connectivity index (χ1v) is 7.48. The Labute approximate surface area is 117 Å². The van der Waals surface area contributed by atoms with Gasteiger partial charge in [0.2, 0.25) is 0 Å². The van der Waals surface area contributed by atoms with Crippen LogP contribution in [0.5, 0.6) is 0 Å². The molecule has 0 spiro atoms. The van der Waals surface area contributed by atoms with E-state index in [9.17, 15) is 0 Å². The topological polar surface area (TPSA) is 23.8 Å². The molecule has 2 rings (SSSR count). The van der Waals surface area contributed by atoms with E-state index in [4.69, 9.17) is 5.26 Å². The van der Waals surface area contributed by atoms with Crippen molar-refractivity contribution in [1.82, 2.24) is 0 Å². The van der Waals surface area contributed by atoms with Gasteiger partial charge in [-0.2, -0.15) is 5.26 Å². The Morgan fingerprint density at radius 1 is 1.16 bits per heavy atom. The smallest absolute Gasteiger partial charge is 0.0908 e. The molecule has 100 valence electrons. The minimum absolute atomic E-state index is 0.621. The molecule has 1 saturated carbocycles. The summed E-state index contributed by atoms with van der Waals surface area (Å²) < 4.78 is 0. The van der Waals surface area contributed by atoms with Crippen LogP contribution in [0.4, 0.5) is 0 Å². The summed E-state index contributed by atoms with van der Waals surface area (Å²) in [5.74, 6) is 1.35. The second kappa shape index (κ2) is 7.14. The summed E-state index contributed by atoms with van der Waals surface area (Å²) in [5.41, 5.74) is 2.96. The first kappa shape index (κ1) is 13.9. The SMILES string of the molecule is CCCc1ccc([C@H]2CC[C@H](C=CC#N)CC2)cc1. The van der Waals surface area contributed by atoms with Crippen LogP contribution in [0.2, 0.25) is 0 Å². The summed E-state index contributed by atoms with van der Waals surface area (Å²) in [6, 6.07) is 11.3. The van der Waals surface area contributed by atoms with E-state index in [1.807, 2.05) is 0 Å². The van der Waals surface area contributed by atoms with Crippen molar-refractivity contribution in [3.8, 4) is 6.07 Å². The highest BCUT2D eigenvalue weighted by Gasteiger charge is 2.20. The number of hydrogen-bond acceptors (Lipinski definition) is 1. The Morgan fingerprint density at radius 3 is 2.42 bits per heavy atom. The van der Waals surface area contributed by atoms with Crippen LogP contribution >= 0.6 is 0 Å². The fraction of sp³-hybridized carbons (Fsp3) is 0.500. The van der Waals surface area contributed by atoms with Gasteiger partial charge in [0, 0.05) is 6.08 Å². The highest BCUT2D eigenvalue weighted by Crippen LogP contribution is 2.36. The second-order valence-electron chi connectivity index (χ2n) is 5.59. The van der Waals surface area contributed by atoms with Crippen LogP contribution in [-0.4, -0.2) is 0 Å². The molecule has 1 heteroatoms. The third kappa shape index (κ3) is 3.96. The van der Waals surface area contributed by atoms with E-state index in [1.165, 1.54) is 49.7 Å². The van der Waals surface area contributed by atoms with Gasteiger partial charge in [0.1, 0.15) is 0 Å². The lowest BCUT2D eigenvalue weighted by Gasteiger charge is -2.27. The summed E-state index contributed by atoms with van der Waals surface area (Å²) >= 11 is 0. The van der Waals surface area contributed by atoms with Gasteiger partial charge >= 0.3 is 0 Å². The van der Waals surface area contributed by atoms with Crippen LogP contribution in [-0.2, 0) is 6.42 Å². The summed E-state index contributed by atoms with van der Waals surface area (Å²) in [5, 5.41) is 8.56. The molecule has 0 saturated heterocycles. The molecule has 0 radical (unpaired) electrons. The van der Waals surface area contributed by atoms with E-state index < -0.39 is 0 Å². The molecular weight excluding hydrogens is 230 g/mol. The molecule has 0 N–H and O–H groups in total. The second-order valence-corrected chi connectivity index (χ2v) is 5.59. The number of allylic oxidation sites excluding steroid dienone is 2. The Morgan fingerprint density at radius 2 is 1.84 bits per heavy atom. The lowest BCUT2D eigenvalue weighted by atomic mass is 9.78. The Kier molecular flexibility index (Phi) is 5.21. The van der Waals surface area contributed by atoms with Crippen molar-refractivity contribution in [1.29, 1.82) is 5.26 Å². The molecule has 19 heavy (non-hydrogen) atoms. The zero-order valence-electron chi connectivity index (χ0n) is 11.8. The number of rotatable bonds is 4. The quantitative estimate of drug-likeness (QED) is 0.693. The predicted octanol–water partition coefficient (Wildman–Crippen LogP) is 4.99. The fourth-order valence-electron chi connectivity index (χ4n) is 3.07. The predicted molar refractivity (Wildman–Crippen MR) is 79.9 cm³/mol.